The molecule has 0 saturated heterocycles. The van der Waals surface area contributed by atoms with Gasteiger partial charge in [0.2, 0.25) is 0 Å². The minimum atomic E-state index is -0.624. The molecule has 21 heavy (non-hydrogen) atoms. The van der Waals surface area contributed by atoms with E-state index < -0.39 is 11.6 Å². The lowest BCUT2D eigenvalue weighted by Gasteiger charge is -2.09. The van der Waals surface area contributed by atoms with Crippen molar-refractivity contribution in [1.82, 2.24) is 9.55 Å². The molecule has 0 spiro atoms. The minimum absolute atomic E-state index is 0.377. The van der Waals surface area contributed by atoms with Gasteiger partial charge in [0.05, 0.1) is 16.7 Å². The van der Waals surface area contributed by atoms with Gasteiger partial charge in [-0.3, -0.25) is 4.57 Å². The van der Waals surface area contributed by atoms with E-state index in [9.17, 15) is 8.78 Å². The summed E-state index contributed by atoms with van der Waals surface area (Å²) in [4.78, 5) is 4.50. The summed E-state index contributed by atoms with van der Waals surface area (Å²) < 4.78 is 29.6. The maximum absolute atomic E-state index is 13.5. The van der Waals surface area contributed by atoms with Gasteiger partial charge in [-0.1, -0.05) is 15.9 Å². The van der Waals surface area contributed by atoms with Crippen molar-refractivity contribution in [3.8, 4) is 5.69 Å². The number of aromatic nitrogens is 2. The molecule has 2 aromatic carbocycles. The average molecular weight is 372 g/mol. The molecule has 0 amide bonds. The predicted octanol–water partition coefficient (Wildman–Crippen LogP) is 4.85. The van der Waals surface area contributed by atoms with Crippen LogP contribution in [0.5, 0.6) is 0 Å². The zero-order valence-corrected chi connectivity index (χ0v) is 13.1. The Morgan fingerprint density at radius 1 is 1.10 bits per heavy atom. The molecule has 0 radical (unpaired) electrons. The lowest BCUT2D eigenvalue weighted by Crippen LogP contribution is -2.03. The molecule has 3 rings (SSSR count). The number of hydrogen-bond acceptors (Lipinski definition) is 1. The smallest absolute Gasteiger partial charge is 0.128 e. The highest BCUT2D eigenvalue weighted by molar-refractivity contribution is 9.10. The highest BCUT2D eigenvalue weighted by Gasteiger charge is 2.14. The zero-order valence-electron chi connectivity index (χ0n) is 10.8. The Morgan fingerprint density at radius 2 is 1.81 bits per heavy atom. The Balaban J connectivity index is 2.30. The molecule has 0 unspecified atom stereocenters. The van der Waals surface area contributed by atoms with Gasteiger partial charge in [0, 0.05) is 22.8 Å². The third-order valence-corrected chi connectivity index (χ3v) is 3.79. The Bertz CT molecular complexity index is 797. The van der Waals surface area contributed by atoms with Crippen LogP contribution >= 0.6 is 27.5 Å². The zero-order chi connectivity index (χ0) is 15.0. The molecule has 1 heterocycles. The monoisotopic (exact) mass is 370 g/mol. The molecule has 6 heteroatoms. The maximum atomic E-state index is 13.5. The highest BCUT2D eigenvalue weighted by atomic mass is 79.9. The number of halogens is 4. The van der Waals surface area contributed by atoms with Crippen molar-refractivity contribution in [1.29, 1.82) is 0 Å². The van der Waals surface area contributed by atoms with Gasteiger partial charge >= 0.3 is 0 Å². The summed E-state index contributed by atoms with van der Waals surface area (Å²) in [6, 6.07) is 8.99. The summed E-state index contributed by atoms with van der Waals surface area (Å²) in [5.74, 6) is -0.202. The second kappa shape index (κ2) is 5.73. The summed E-state index contributed by atoms with van der Waals surface area (Å²) in [6.07, 6.45) is 0.506. The number of fused-ring (bicyclic) bond motifs is 1. The van der Waals surface area contributed by atoms with Crippen molar-refractivity contribution in [3.63, 3.8) is 0 Å². The van der Waals surface area contributed by atoms with E-state index in [1.807, 2.05) is 18.2 Å². The topological polar surface area (TPSA) is 17.8 Å². The molecule has 0 bridgehead atoms. The Morgan fingerprint density at radius 3 is 2.48 bits per heavy atom. The highest BCUT2D eigenvalue weighted by Crippen LogP contribution is 2.26. The molecular formula is C15H10BrClF2N2. The van der Waals surface area contributed by atoms with Gasteiger partial charge in [-0.05, 0) is 30.3 Å². The first-order chi connectivity index (χ1) is 10.1. The van der Waals surface area contributed by atoms with E-state index in [2.05, 4.69) is 20.9 Å². The van der Waals surface area contributed by atoms with Crippen molar-refractivity contribution in [2.45, 2.75) is 6.42 Å². The molecule has 0 saturated carbocycles. The third-order valence-electron chi connectivity index (χ3n) is 3.11. The van der Waals surface area contributed by atoms with Crippen LogP contribution in [-0.4, -0.2) is 15.4 Å². The number of rotatable bonds is 3. The number of alkyl halides is 1. The summed E-state index contributed by atoms with van der Waals surface area (Å²) in [5.41, 5.74) is 1.93. The lowest BCUT2D eigenvalue weighted by atomic mass is 10.2. The second-order valence-electron chi connectivity index (χ2n) is 4.56. The summed E-state index contributed by atoms with van der Waals surface area (Å²) in [6.45, 7) is 0. The summed E-state index contributed by atoms with van der Waals surface area (Å²) in [5, 5.41) is 0. The largest absolute Gasteiger partial charge is 0.296 e. The molecule has 0 aliphatic rings. The standard InChI is InChI=1S/C15H10BrClF2N2/c16-9-1-2-14-13(5-9)20-15(3-4-17)21(14)12-7-10(18)6-11(19)8-12/h1-2,5-8H,3-4H2. The first kappa shape index (κ1) is 14.5. The molecule has 1 aromatic heterocycles. The van der Waals surface area contributed by atoms with E-state index in [1.54, 1.807) is 4.57 Å². The van der Waals surface area contributed by atoms with Crippen LogP contribution in [0.2, 0.25) is 0 Å². The quantitative estimate of drug-likeness (QED) is 0.602. The number of hydrogen-bond donors (Lipinski definition) is 0. The van der Waals surface area contributed by atoms with Crippen LogP contribution in [0.4, 0.5) is 8.78 Å². The van der Waals surface area contributed by atoms with Gasteiger partial charge in [-0.15, -0.1) is 11.6 Å². The van der Waals surface area contributed by atoms with Crippen molar-refractivity contribution < 1.29 is 8.78 Å². The predicted molar refractivity (Wildman–Crippen MR) is 83.1 cm³/mol. The van der Waals surface area contributed by atoms with Crippen LogP contribution in [0.1, 0.15) is 5.82 Å². The molecule has 0 atom stereocenters. The molecule has 0 fully saturated rings. The number of imidazole rings is 1. The fourth-order valence-electron chi connectivity index (χ4n) is 2.31. The van der Waals surface area contributed by atoms with E-state index in [0.717, 1.165) is 21.6 Å². The van der Waals surface area contributed by atoms with Crippen LogP contribution in [0, 0.1) is 11.6 Å². The van der Waals surface area contributed by atoms with Gasteiger partial charge in [0.1, 0.15) is 17.5 Å². The fraction of sp³-hybridized carbons (Fsp3) is 0.133. The van der Waals surface area contributed by atoms with Gasteiger partial charge in [0.15, 0.2) is 0 Å². The van der Waals surface area contributed by atoms with Crippen molar-refractivity contribution >= 4 is 38.6 Å². The first-order valence-electron chi connectivity index (χ1n) is 6.28. The van der Waals surface area contributed by atoms with Crippen LogP contribution < -0.4 is 0 Å². The first-order valence-corrected chi connectivity index (χ1v) is 7.60. The Hall–Kier alpha value is -1.46. The van der Waals surface area contributed by atoms with E-state index in [1.165, 1.54) is 12.1 Å². The SMILES string of the molecule is Fc1cc(F)cc(-n2c(CCCl)nc3cc(Br)ccc32)c1. The molecular weight excluding hydrogens is 362 g/mol. The van der Waals surface area contributed by atoms with Gasteiger partial charge in [0.25, 0.3) is 0 Å². The van der Waals surface area contributed by atoms with Crippen LogP contribution in [-0.2, 0) is 6.42 Å². The van der Waals surface area contributed by atoms with Crippen molar-refractivity contribution in [3.05, 3.63) is 58.3 Å². The van der Waals surface area contributed by atoms with Gasteiger partial charge in [-0.25, -0.2) is 13.8 Å². The van der Waals surface area contributed by atoms with Crippen molar-refractivity contribution in [2.24, 2.45) is 0 Å². The lowest BCUT2D eigenvalue weighted by molar-refractivity contribution is 0.581. The number of aryl methyl sites for hydroxylation is 1. The Kier molecular flexibility index (Phi) is 3.95. The second-order valence-corrected chi connectivity index (χ2v) is 5.86. The molecule has 0 N–H and O–H groups in total. The van der Waals surface area contributed by atoms with E-state index in [-0.39, 0.29) is 0 Å². The Labute approximate surface area is 133 Å². The maximum Gasteiger partial charge on any atom is 0.128 e. The van der Waals surface area contributed by atoms with E-state index in [0.29, 0.717) is 23.8 Å². The molecule has 0 aliphatic heterocycles. The summed E-state index contributed by atoms with van der Waals surface area (Å²) >= 11 is 9.20. The fourth-order valence-corrected chi connectivity index (χ4v) is 2.83. The van der Waals surface area contributed by atoms with E-state index in [4.69, 9.17) is 11.6 Å². The normalized spacial score (nSPS) is 11.2. The van der Waals surface area contributed by atoms with Crippen LogP contribution in [0.3, 0.4) is 0 Å². The van der Waals surface area contributed by atoms with Gasteiger partial charge < -0.3 is 0 Å². The molecule has 3 aromatic rings. The molecule has 0 aliphatic carbocycles. The third kappa shape index (κ3) is 2.80. The summed E-state index contributed by atoms with van der Waals surface area (Å²) in [7, 11) is 0. The molecule has 2 nitrogen and oxygen atoms in total. The van der Waals surface area contributed by atoms with E-state index >= 15 is 0 Å². The number of benzene rings is 2. The van der Waals surface area contributed by atoms with Gasteiger partial charge in [-0.2, -0.15) is 0 Å². The van der Waals surface area contributed by atoms with Crippen LogP contribution in [0.15, 0.2) is 40.9 Å². The van der Waals surface area contributed by atoms with Crippen molar-refractivity contribution in [2.75, 3.05) is 5.88 Å². The van der Waals surface area contributed by atoms with Crippen LogP contribution in [0.25, 0.3) is 16.7 Å². The molecule has 108 valence electrons. The number of nitrogens with zero attached hydrogens (tertiary/aromatic N) is 2. The average Bonchev–Trinajstić information content (AvgIpc) is 2.75. The minimum Gasteiger partial charge on any atom is -0.296 e.